The molecule has 0 aromatic heterocycles. The van der Waals surface area contributed by atoms with Crippen molar-refractivity contribution < 1.29 is 17.6 Å². The number of hydrogen-bond donors (Lipinski definition) is 2. The summed E-state index contributed by atoms with van der Waals surface area (Å²) in [6.45, 7) is 7.64. The number of halogens is 1. The number of benzene rings is 1. The van der Waals surface area contributed by atoms with Crippen LogP contribution in [-0.4, -0.2) is 20.4 Å². The molecule has 1 aromatic rings. The molecule has 1 unspecified atom stereocenters. The number of carbonyl (C=O) groups excluding carboxylic acids is 1. The highest BCUT2D eigenvalue weighted by Crippen LogP contribution is 2.20. The summed E-state index contributed by atoms with van der Waals surface area (Å²) in [6, 6.07) is 2.79. The summed E-state index contributed by atoms with van der Waals surface area (Å²) in [7, 11) is -3.99. The molecular formula is C13H19FN2O3S. The molecule has 0 bridgehead atoms. The average molecular weight is 302 g/mol. The number of nitrogens with two attached hydrogens (primary N) is 1. The summed E-state index contributed by atoms with van der Waals surface area (Å²) in [5.41, 5.74) is -0.388. The Bertz CT molecular complexity index is 621. The van der Waals surface area contributed by atoms with E-state index in [0.29, 0.717) is 0 Å². The minimum Gasteiger partial charge on any atom is -0.349 e. The van der Waals surface area contributed by atoms with Crippen molar-refractivity contribution in [2.24, 2.45) is 10.6 Å². The van der Waals surface area contributed by atoms with Crippen LogP contribution in [0.3, 0.4) is 0 Å². The normalized spacial score (nSPS) is 13.9. The molecule has 0 spiro atoms. The molecule has 1 aromatic carbocycles. The van der Waals surface area contributed by atoms with E-state index in [1.807, 2.05) is 27.7 Å². The van der Waals surface area contributed by atoms with E-state index >= 15 is 0 Å². The first-order chi connectivity index (χ1) is 8.93. The van der Waals surface area contributed by atoms with Crippen LogP contribution >= 0.6 is 0 Å². The second-order valence-corrected chi connectivity index (χ2v) is 7.31. The second kappa shape index (κ2) is 5.49. The Morgan fingerprint density at radius 2 is 1.90 bits per heavy atom. The maximum Gasteiger partial charge on any atom is 0.254 e. The van der Waals surface area contributed by atoms with Gasteiger partial charge in [-0.3, -0.25) is 4.79 Å². The molecule has 7 heteroatoms. The molecular weight excluding hydrogens is 283 g/mol. The van der Waals surface area contributed by atoms with Gasteiger partial charge in [0.05, 0.1) is 10.5 Å². The van der Waals surface area contributed by atoms with E-state index < -0.39 is 21.7 Å². The average Bonchev–Trinajstić information content (AvgIpc) is 2.25. The molecule has 0 aliphatic heterocycles. The molecule has 1 amide bonds. The van der Waals surface area contributed by atoms with E-state index in [1.54, 1.807) is 0 Å². The maximum atomic E-state index is 13.8. The Labute approximate surface area is 118 Å². The Balaban J connectivity index is 3.02. The van der Waals surface area contributed by atoms with Gasteiger partial charge in [-0.05, 0) is 30.5 Å². The van der Waals surface area contributed by atoms with Crippen molar-refractivity contribution in [2.75, 3.05) is 0 Å². The minimum atomic E-state index is -3.99. The van der Waals surface area contributed by atoms with Crippen molar-refractivity contribution in [1.29, 1.82) is 0 Å². The van der Waals surface area contributed by atoms with Gasteiger partial charge in [-0.1, -0.05) is 20.8 Å². The van der Waals surface area contributed by atoms with E-state index in [1.165, 1.54) is 0 Å². The van der Waals surface area contributed by atoms with E-state index in [-0.39, 0.29) is 21.9 Å². The number of rotatable bonds is 3. The van der Waals surface area contributed by atoms with Crippen LogP contribution in [0.2, 0.25) is 0 Å². The van der Waals surface area contributed by atoms with Crippen LogP contribution in [0.1, 0.15) is 38.1 Å². The van der Waals surface area contributed by atoms with Crippen molar-refractivity contribution >= 4 is 15.9 Å². The zero-order valence-electron chi connectivity index (χ0n) is 11.9. The lowest BCUT2D eigenvalue weighted by atomic mass is 9.88. The van der Waals surface area contributed by atoms with Crippen molar-refractivity contribution in [3.8, 4) is 0 Å². The fourth-order valence-electron chi connectivity index (χ4n) is 1.35. The van der Waals surface area contributed by atoms with Gasteiger partial charge in [0, 0.05) is 6.04 Å². The summed E-state index contributed by atoms with van der Waals surface area (Å²) in [6.07, 6.45) is 0. The van der Waals surface area contributed by atoms with Crippen LogP contribution < -0.4 is 10.5 Å². The molecule has 0 radical (unpaired) electrons. The fraction of sp³-hybridized carbons (Fsp3) is 0.462. The van der Waals surface area contributed by atoms with Crippen LogP contribution in [0.15, 0.2) is 23.1 Å². The van der Waals surface area contributed by atoms with Gasteiger partial charge in [0.2, 0.25) is 10.0 Å². The van der Waals surface area contributed by atoms with E-state index in [0.717, 1.165) is 18.2 Å². The largest absolute Gasteiger partial charge is 0.349 e. The van der Waals surface area contributed by atoms with Gasteiger partial charge < -0.3 is 5.32 Å². The van der Waals surface area contributed by atoms with Crippen LogP contribution in [0.5, 0.6) is 0 Å². The zero-order valence-corrected chi connectivity index (χ0v) is 12.7. The molecule has 0 aliphatic rings. The number of amides is 1. The third kappa shape index (κ3) is 4.01. The van der Waals surface area contributed by atoms with Gasteiger partial charge in [-0.25, -0.2) is 17.9 Å². The second-order valence-electron chi connectivity index (χ2n) is 5.75. The van der Waals surface area contributed by atoms with Crippen LogP contribution in [0, 0.1) is 11.2 Å². The number of hydrogen-bond acceptors (Lipinski definition) is 3. The van der Waals surface area contributed by atoms with Crippen molar-refractivity contribution in [3.05, 3.63) is 29.6 Å². The highest BCUT2D eigenvalue weighted by molar-refractivity contribution is 7.89. The molecule has 1 atom stereocenters. The lowest BCUT2D eigenvalue weighted by Crippen LogP contribution is -2.41. The van der Waals surface area contributed by atoms with E-state index in [2.05, 4.69) is 5.32 Å². The van der Waals surface area contributed by atoms with Crippen molar-refractivity contribution in [1.82, 2.24) is 5.32 Å². The number of sulfonamides is 1. The van der Waals surface area contributed by atoms with Crippen molar-refractivity contribution in [3.63, 3.8) is 0 Å². The van der Waals surface area contributed by atoms with Crippen LogP contribution in [-0.2, 0) is 10.0 Å². The highest BCUT2D eigenvalue weighted by atomic mass is 32.2. The van der Waals surface area contributed by atoms with Gasteiger partial charge in [-0.15, -0.1) is 0 Å². The van der Waals surface area contributed by atoms with Gasteiger partial charge in [0.1, 0.15) is 5.82 Å². The SMILES string of the molecule is CC(NC(=O)c1ccc(S(N)(=O)=O)cc1F)C(C)(C)C. The summed E-state index contributed by atoms with van der Waals surface area (Å²) in [4.78, 5) is 11.6. The molecule has 1 rings (SSSR count). The third-order valence-corrected chi connectivity index (χ3v) is 4.07. The predicted octanol–water partition coefficient (Wildman–Crippen LogP) is 1.64. The van der Waals surface area contributed by atoms with Gasteiger partial charge >= 0.3 is 0 Å². The standard InChI is InChI=1S/C13H19FN2O3S/c1-8(13(2,3)4)16-12(17)10-6-5-9(7-11(10)14)20(15,18)19/h5-8H,1-4H3,(H,16,17)(H2,15,18,19). The Morgan fingerprint density at radius 1 is 1.35 bits per heavy atom. The monoisotopic (exact) mass is 302 g/mol. The fourth-order valence-corrected chi connectivity index (χ4v) is 1.87. The number of primary sulfonamides is 1. The van der Waals surface area contributed by atoms with Gasteiger partial charge in [0.25, 0.3) is 5.91 Å². The van der Waals surface area contributed by atoms with Crippen LogP contribution in [0.4, 0.5) is 4.39 Å². The molecule has 5 nitrogen and oxygen atoms in total. The third-order valence-electron chi connectivity index (χ3n) is 3.16. The number of nitrogens with one attached hydrogen (secondary N) is 1. The van der Waals surface area contributed by atoms with E-state index in [9.17, 15) is 17.6 Å². The molecule has 3 N–H and O–H groups in total. The number of carbonyl (C=O) groups is 1. The molecule has 0 fully saturated rings. The summed E-state index contributed by atoms with van der Waals surface area (Å²) < 4.78 is 36.0. The van der Waals surface area contributed by atoms with E-state index in [4.69, 9.17) is 5.14 Å². The molecule has 0 saturated heterocycles. The molecule has 20 heavy (non-hydrogen) atoms. The molecule has 0 heterocycles. The quantitative estimate of drug-likeness (QED) is 0.889. The minimum absolute atomic E-state index is 0.174. The Hall–Kier alpha value is -1.47. The predicted molar refractivity (Wildman–Crippen MR) is 74.2 cm³/mol. The summed E-state index contributed by atoms with van der Waals surface area (Å²) >= 11 is 0. The maximum absolute atomic E-state index is 13.8. The molecule has 112 valence electrons. The summed E-state index contributed by atoms with van der Waals surface area (Å²) in [5, 5.41) is 7.57. The highest BCUT2D eigenvalue weighted by Gasteiger charge is 2.24. The Morgan fingerprint density at radius 3 is 2.30 bits per heavy atom. The topological polar surface area (TPSA) is 89.3 Å². The molecule has 0 saturated carbocycles. The Kier molecular flexibility index (Phi) is 4.55. The van der Waals surface area contributed by atoms with Crippen molar-refractivity contribution in [2.45, 2.75) is 38.6 Å². The van der Waals surface area contributed by atoms with Gasteiger partial charge in [0.15, 0.2) is 0 Å². The first-order valence-corrected chi connectivity index (χ1v) is 7.61. The lowest BCUT2D eigenvalue weighted by Gasteiger charge is -2.28. The van der Waals surface area contributed by atoms with Gasteiger partial charge in [-0.2, -0.15) is 0 Å². The first kappa shape index (κ1) is 16.6. The van der Waals surface area contributed by atoms with Crippen LogP contribution in [0.25, 0.3) is 0 Å². The summed E-state index contributed by atoms with van der Waals surface area (Å²) in [5.74, 6) is -1.51. The smallest absolute Gasteiger partial charge is 0.254 e. The zero-order chi connectivity index (χ0) is 15.7. The lowest BCUT2D eigenvalue weighted by molar-refractivity contribution is 0.0906. The molecule has 0 aliphatic carbocycles. The first-order valence-electron chi connectivity index (χ1n) is 6.06.